The molecule has 0 unspecified atom stereocenters. The van der Waals surface area contributed by atoms with E-state index in [-0.39, 0.29) is 5.97 Å². The van der Waals surface area contributed by atoms with Crippen LogP contribution in [0.15, 0.2) is 24.3 Å². The Kier molecular flexibility index (Phi) is 5.15. The van der Waals surface area contributed by atoms with Crippen molar-refractivity contribution in [3.63, 3.8) is 0 Å². The molecule has 0 aliphatic carbocycles. The lowest BCUT2D eigenvalue weighted by Gasteiger charge is -2.15. The second kappa shape index (κ2) is 7.49. The summed E-state index contributed by atoms with van der Waals surface area (Å²) in [5.41, 5.74) is 4.47. The van der Waals surface area contributed by atoms with E-state index in [4.69, 9.17) is 14.6 Å². The maximum Gasteiger partial charge on any atom is 0.307 e. The first-order valence-electron chi connectivity index (χ1n) is 8.32. The van der Waals surface area contributed by atoms with Crippen LogP contribution in [-0.4, -0.2) is 36.0 Å². The van der Waals surface area contributed by atoms with E-state index in [2.05, 4.69) is 5.32 Å². The van der Waals surface area contributed by atoms with E-state index in [1.54, 1.807) is 7.11 Å². The fourth-order valence-corrected chi connectivity index (χ4v) is 3.02. The van der Waals surface area contributed by atoms with Crippen LogP contribution in [0.25, 0.3) is 11.3 Å². The van der Waals surface area contributed by atoms with Gasteiger partial charge in [0.05, 0.1) is 32.4 Å². The van der Waals surface area contributed by atoms with Gasteiger partial charge in [-0.3, -0.25) is 9.48 Å². The predicted octanol–water partition coefficient (Wildman–Crippen LogP) is 2.16. The smallest absolute Gasteiger partial charge is 0.307 e. The van der Waals surface area contributed by atoms with E-state index in [0.717, 1.165) is 36.5 Å². The molecule has 0 amide bonds. The highest BCUT2D eigenvalue weighted by Gasteiger charge is 2.22. The maximum atomic E-state index is 11.6. The first kappa shape index (κ1) is 16.5. The standard InChI is InChI=1S/C18H23N3O3/c1-3-24-17(22)9-11-21-16-8-10-19-12-15(16)18(20-21)13-4-6-14(23-2)7-5-13/h4-7,19H,3,8-12H2,1-2H3. The van der Waals surface area contributed by atoms with Crippen molar-refractivity contribution >= 4 is 5.97 Å². The first-order chi connectivity index (χ1) is 11.7. The van der Waals surface area contributed by atoms with Crippen molar-refractivity contribution in [1.29, 1.82) is 0 Å². The van der Waals surface area contributed by atoms with Crippen LogP contribution in [0.5, 0.6) is 5.75 Å². The van der Waals surface area contributed by atoms with Crippen molar-refractivity contribution in [2.75, 3.05) is 20.3 Å². The largest absolute Gasteiger partial charge is 0.497 e. The number of nitrogens with one attached hydrogen (secondary N) is 1. The van der Waals surface area contributed by atoms with E-state index in [0.29, 0.717) is 19.6 Å². The Morgan fingerprint density at radius 3 is 2.83 bits per heavy atom. The molecule has 3 rings (SSSR count). The van der Waals surface area contributed by atoms with Crippen LogP contribution in [0.2, 0.25) is 0 Å². The Hall–Kier alpha value is -2.34. The van der Waals surface area contributed by atoms with Crippen molar-refractivity contribution in [2.24, 2.45) is 0 Å². The summed E-state index contributed by atoms with van der Waals surface area (Å²) in [6, 6.07) is 7.92. The summed E-state index contributed by atoms with van der Waals surface area (Å²) < 4.78 is 12.2. The van der Waals surface area contributed by atoms with Gasteiger partial charge in [-0.1, -0.05) is 0 Å². The topological polar surface area (TPSA) is 65.4 Å². The third-order valence-corrected chi connectivity index (χ3v) is 4.20. The Balaban J connectivity index is 1.87. The SMILES string of the molecule is CCOC(=O)CCn1nc(-c2ccc(OC)cc2)c2c1CCNC2. The Morgan fingerprint density at radius 2 is 2.12 bits per heavy atom. The minimum atomic E-state index is -0.179. The van der Waals surface area contributed by atoms with Gasteiger partial charge in [-0.05, 0) is 31.2 Å². The van der Waals surface area contributed by atoms with Crippen LogP contribution in [0.1, 0.15) is 24.6 Å². The summed E-state index contributed by atoms with van der Waals surface area (Å²) in [4.78, 5) is 11.6. The molecule has 0 radical (unpaired) electrons. The molecule has 0 saturated heterocycles. The summed E-state index contributed by atoms with van der Waals surface area (Å²) in [5, 5.41) is 8.18. The fraction of sp³-hybridized carbons (Fsp3) is 0.444. The minimum Gasteiger partial charge on any atom is -0.497 e. The molecule has 1 aromatic heterocycles. The molecule has 1 aromatic carbocycles. The number of aromatic nitrogens is 2. The van der Waals surface area contributed by atoms with Crippen LogP contribution in [0.3, 0.4) is 0 Å². The van der Waals surface area contributed by atoms with Gasteiger partial charge in [0.1, 0.15) is 5.75 Å². The molecule has 1 aliphatic rings. The number of hydrogen-bond donors (Lipinski definition) is 1. The number of esters is 1. The summed E-state index contributed by atoms with van der Waals surface area (Å²) in [6.07, 6.45) is 1.26. The number of carbonyl (C=O) groups is 1. The summed E-state index contributed by atoms with van der Waals surface area (Å²) in [7, 11) is 1.66. The monoisotopic (exact) mass is 329 g/mol. The van der Waals surface area contributed by atoms with Gasteiger partial charge in [0.25, 0.3) is 0 Å². The molecule has 6 heteroatoms. The number of methoxy groups -OCH3 is 1. The summed E-state index contributed by atoms with van der Waals surface area (Å²) in [5.74, 6) is 0.647. The lowest BCUT2D eigenvalue weighted by molar-refractivity contribution is -0.143. The minimum absolute atomic E-state index is 0.179. The highest BCUT2D eigenvalue weighted by atomic mass is 16.5. The highest BCUT2D eigenvalue weighted by molar-refractivity contribution is 5.69. The molecule has 0 bridgehead atoms. The van der Waals surface area contributed by atoms with Gasteiger partial charge < -0.3 is 14.8 Å². The normalized spacial score (nSPS) is 13.4. The Bertz CT molecular complexity index is 707. The molecule has 0 spiro atoms. The highest BCUT2D eigenvalue weighted by Crippen LogP contribution is 2.29. The molecular formula is C18H23N3O3. The van der Waals surface area contributed by atoms with Crippen LogP contribution in [0.4, 0.5) is 0 Å². The van der Waals surface area contributed by atoms with E-state index < -0.39 is 0 Å². The van der Waals surface area contributed by atoms with Gasteiger partial charge in [0, 0.05) is 36.3 Å². The molecular weight excluding hydrogens is 306 g/mol. The third kappa shape index (κ3) is 3.43. The quantitative estimate of drug-likeness (QED) is 0.823. The lowest BCUT2D eigenvalue weighted by atomic mass is 10.0. The summed E-state index contributed by atoms with van der Waals surface area (Å²) >= 11 is 0. The third-order valence-electron chi connectivity index (χ3n) is 4.20. The van der Waals surface area contributed by atoms with E-state index in [1.165, 1.54) is 11.3 Å². The molecule has 1 aliphatic heterocycles. The Labute approximate surface area is 141 Å². The molecule has 24 heavy (non-hydrogen) atoms. The Morgan fingerprint density at radius 1 is 1.33 bits per heavy atom. The zero-order valence-electron chi connectivity index (χ0n) is 14.2. The predicted molar refractivity (Wildman–Crippen MR) is 90.9 cm³/mol. The number of aryl methyl sites for hydroxylation is 1. The van der Waals surface area contributed by atoms with Crippen molar-refractivity contribution in [2.45, 2.75) is 32.9 Å². The molecule has 6 nitrogen and oxygen atoms in total. The number of ether oxygens (including phenoxy) is 2. The van der Waals surface area contributed by atoms with Crippen LogP contribution >= 0.6 is 0 Å². The van der Waals surface area contributed by atoms with E-state index in [1.807, 2.05) is 35.9 Å². The first-order valence-corrected chi connectivity index (χ1v) is 8.32. The van der Waals surface area contributed by atoms with Crippen molar-refractivity contribution in [3.05, 3.63) is 35.5 Å². The number of hydrogen-bond acceptors (Lipinski definition) is 5. The number of rotatable bonds is 6. The average Bonchev–Trinajstić information content (AvgIpc) is 2.99. The molecule has 2 aromatic rings. The number of benzene rings is 1. The van der Waals surface area contributed by atoms with Gasteiger partial charge in [0.2, 0.25) is 0 Å². The van der Waals surface area contributed by atoms with Gasteiger partial charge in [0.15, 0.2) is 0 Å². The summed E-state index contributed by atoms with van der Waals surface area (Å²) in [6.45, 7) is 4.52. The number of fused-ring (bicyclic) bond motifs is 1. The number of carbonyl (C=O) groups excluding carboxylic acids is 1. The zero-order chi connectivity index (χ0) is 16.9. The van der Waals surface area contributed by atoms with E-state index >= 15 is 0 Å². The fourth-order valence-electron chi connectivity index (χ4n) is 3.02. The second-order valence-electron chi connectivity index (χ2n) is 5.71. The maximum absolute atomic E-state index is 11.6. The lowest BCUT2D eigenvalue weighted by Crippen LogP contribution is -2.25. The van der Waals surface area contributed by atoms with Crippen LogP contribution in [0, 0.1) is 0 Å². The molecule has 0 saturated carbocycles. The van der Waals surface area contributed by atoms with E-state index in [9.17, 15) is 4.79 Å². The molecule has 2 heterocycles. The van der Waals surface area contributed by atoms with Gasteiger partial charge in [-0.25, -0.2) is 0 Å². The molecule has 1 N–H and O–H groups in total. The second-order valence-corrected chi connectivity index (χ2v) is 5.71. The van der Waals surface area contributed by atoms with Gasteiger partial charge in [-0.15, -0.1) is 0 Å². The van der Waals surface area contributed by atoms with Gasteiger partial charge >= 0.3 is 5.97 Å². The zero-order valence-corrected chi connectivity index (χ0v) is 14.2. The van der Waals surface area contributed by atoms with Crippen LogP contribution in [-0.2, 0) is 29.0 Å². The van der Waals surface area contributed by atoms with Crippen molar-refractivity contribution in [1.82, 2.24) is 15.1 Å². The van der Waals surface area contributed by atoms with Crippen LogP contribution < -0.4 is 10.1 Å². The average molecular weight is 329 g/mol. The number of nitrogens with zero attached hydrogens (tertiary/aromatic N) is 2. The molecule has 0 fully saturated rings. The molecule has 0 atom stereocenters. The van der Waals surface area contributed by atoms with Crippen molar-refractivity contribution in [3.8, 4) is 17.0 Å². The molecule has 128 valence electrons. The van der Waals surface area contributed by atoms with Crippen molar-refractivity contribution < 1.29 is 14.3 Å². The van der Waals surface area contributed by atoms with Gasteiger partial charge in [-0.2, -0.15) is 5.10 Å².